The number of amides is 1. The first-order valence-corrected chi connectivity index (χ1v) is 8.08. The maximum Gasteiger partial charge on any atom is 0.256 e. The number of nitrogens with one attached hydrogen (secondary N) is 1. The van der Waals surface area contributed by atoms with Gasteiger partial charge in [0.2, 0.25) is 0 Å². The Labute approximate surface area is 146 Å². The summed E-state index contributed by atoms with van der Waals surface area (Å²) in [6, 6.07) is 17.6. The molecule has 0 fully saturated rings. The Morgan fingerprint density at radius 1 is 1.08 bits per heavy atom. The molecule has 0 unspecified atom stereocenters. The van der Waals surface area contributed by atoms with Crippen LogP contribution in [-0.2, 0) is 6.54 Å². The van der Waals surface area contributed by atoms with Gasteiger partial charge in [-0.2, -0.15) is 5.10 Å². The molecule has 2 aromatic carbocycles. The molecule has 122 valence electrons. The Morgan fingerprint density at radius 2 is 1.75 bits per heavy atom. The number of rotatable bonds is 4. The minimum Gasteiger partial charge on any atom is -0.348 e. The third-order valence-electron chi connectivity index (χ3n) is 3.81. The van der Waals surface area contributed by atoms with Gasteiger partial charge in [-0.05, 0) is 31.5 Å². The number of halogens is 1. The van der Waals surface area contributed by atoms with Gasteiger partial charge < -0.3 is 5.32 Å². The molecule has 0 spiro atoms. The number of carbonyl (C=O) groups is 1. The molecule has 0 aliphatic heterocycles. The zero-order chi connectivity index (χ0) is 17.1. The summed E-state index contributed by atoms with van der Waals surface area (Å²) in [5.41, 5.74) is 4.06. The Balaban J connectivity index is 1.80. The van der Waals surface area contributed by atoms with Crippen molar-refractivity contribution in [3.63, 3.8) is 0 Å². The van der Waals surface area contributed by atoms with Crippen LogP contribution in [0.3, 0.4) is 0 Å². The zero-order valence-electron chi connectivity index (χ0n) is 13.6. The number of nitrogens with zero attached hydrogens (tertiary/aromatic N) is 2. The number of hydrogen-bond donors (Lipinski definition) is 1. The maximum atomic E-state index is 12.5. The smallest absolute Gasteiger partial charge is 0.256 e. The lowest BCUT2D eigenvalue weighted by atomic mass is 10.1. The highest BCUT2D eigenvalue weighted by molar-refractivity contribution is 6.33. The van der Waals surface area contributed by atoms with Crippen molar-refractivity contribution in [2.45, 2.75) is 20.4 Å². The Hall–Kier alpha value is -2.59. The highest BCUT2D eigenvalue weighted by Gasteiger charge is 2.20. The van der Waals surface area contributed by atoms with Crippen molar-refractivity contribution in [2.75, 3.05) is 0 Å². The number of aryl methyl sites for hydroxylation is 2. The van der Waals surface area contributed by atoms with E-state index in [2.05, 4.69) is 10.4 Å². The first-order chi connectivity index (χ1) is 11.6. The lowest BCUT2D eigenvalue weighted by Gasteiger charge is -2.06. The molecular formula is C19H18ClN3O. The van der Waals surface area contributed by atoms with Gasteiger partial charge in [0.15, 0.2) is 0 Å². The molecule has 1 amide bonds. The minimum atomic E-state index is -0.222. The predicted octanol–water partition coefficient (Wildman–Crippen LogP) is 4.07. The molecule has 0 aliphatic carbocycles. The first kappa shape index (κ1) is 16.3. The van der Waals surface area contributed by atoms with Crippen LogP contribution in [0.4, 0.5) is 0 Å². The van der Waals surface area contributed by atoms with Crippen LogP contribution in [0, 0.1) is 13.8 Å². The van der Waals surface area contributed by atoms with E-state index < -0.39 is 0 Å². The van der Waals surface area contributed by atoms with Gasteiger partial charge in [-0.3, -0.25) is 4.79 Å². The van der Waals surface area contributed by atoms with Gasteiger partial charge in [-0.25, -0.2) is 4.68 Å². The van der Waals surface area contributed by atoms with Gasteiger partial charge in [0, 0.05) is 6.54 Å². The van der Waals surface area contributed by atoms with E-state index in [4.69, 9.17) is 11.6 Å². The van der Waals surface area contributed by atoms with Gasteiger partial charge in [0.05, 0.1) is 16.9 Å². The second kappa shape index (κ2) is 6.89. The topological polar surface area (TPSA) is 46.9 Å². The Morgan fingerprint density at radius 3 is 2.42 bits per heavy atom. The van der Waals surface area contributed by atoms with Crippen molar-refractivity contribution < 1.29 is 4.79 Å². The fourth-order valence-corrected chi connectivity index (χ4v) is 2.83. The molecule has 1 N–H and O–H groups in total. The quantitative estimate of drug-likeness (QED) is 0.778. The van der Waals surface area contributed by atoms with Crippen LogP contribution in [0.5, 0.6) is 0 Å². The fraction of sp³-hybridized carbons (Fsp3) is 0.158. The molecular weight excluding hydrogens is 322 g/mol. The van der Waals surface area contributed by atoms with Crippen LogP contribution < -0.4 is 5.32 Å². The van der Waals surface area contributed by atoms with Crippen molar-refractivity contribution in [3.8, 4) is 5.69 Å². The summed E-state index contributed by atoms with van der Waals surface area (Å²) in [5.74, 6) is -0.222. The third kappa shape index (κ3) is 3.34. The second-order valence-electron chi connectivity index (χ2n) is 5.67. The van der Waals surface area contributed by atoms with Crippen molar-refractivity contribution in [1.82, 2.24) is 15.1 Å². The van der Waals surface area contributed by atoms with Crippen LogP contribution in [0.2, 0.25) is 5.15 Å². The van der Waals surface area contributed by atoms with E-state index >= 15 is 0 Å². The van der Waals surface area contributed by atoms with Crippen LogP contribution >= 0.6 is 11.6 Å². The monoisotopic (exact) mass is 339 g/mol. The van der Waals surface area contributed by atoms with Crippen LogP contribution in [0.1, 0.15) is 27.2 Å². The summed E-state index contributed by atoms with van der Waals surface area (Å²) in [4.78, 5) is 12.5. The molecule has 4 nitrogen and oxygen atoms in total. The number of benzene rings is 2. The summed E-state index contributed by atoms with van der Waals surface area (Å²) in [6.45, 7) is 4.26. The first-order valence-electron chi connectivity index (χ1n) is 7.70. The van der Waals surface area contributed by atoms with Crippen molar-refractivity contribution >= 4 is 17.5 Å². The molecule has 1 aromatic heterocycles. The van der Waals surface area contributed by atoms with Crippen molar-refractivity contribution in [1.29, 1.82) is 0 Å². The van der Waals surface area contributed by atoms with Gasteiger partial charge in [0.1, 0.15) is 5.15 Å². The van der Waals surface area contributed by atoms with E-state index in [-0.39, 0.29) is 5.91 Å². The Kier molecular flexibility index (Phi) is 4.67. The number of para-hydroxylation sites is 1. The minimum absolute atomic E-state index is 0.222. The number of hydrogen-bond acceptors (Lipinski definition) is 2. The van der Waals surface area contributed by atoms with Gasteiger partial charge >= 0.3 is 0 Å². The van der Waals surface area contributed by atoms with E-state index in [1.54, 1.807) is 11.6 Å². The van der Waals surface area contributed by atoms with Gasteiger partial charge in [0.25, 0.3) is 5.91 Å². The third-order valence-corrected chi connectivity index (χ3v) is 4.15. The molecule has 0 saturated heterocycles. The molecule has 24 heavy (non-hydrogen) atoms. The van der Waals surface area contributed by atoms with Crippen molar-refractivity contribution in [2.24, 2.45) is 0 Å². The van der Waals surface area contributed by atoms with E-state index in [9.17, 15) is 4.79 Å². The molecule has 0 radical (unpaired) electrons. The molecule has 0 saturated carbocycles. The standard InChI is InChI=1S/C19H18ClN3O/c1-13-8-10-15(11-9-13)12-21-19(24)17-14(2)22-23(18(17)20)16-6-4-3-5-7-16/h3-11H,12H2,1-2H3,(H,21,24). The highest BCUT2D eigenvalue weighted by atomic mass is 35.5. The van der Waals surface area contributed by atoms with Crippen molar-refractivity contribution in [3.05, 3.63) is 82.1 Å². The maximum absolute atomic E-state index is 12.5. The van der Waals surface area contributed by atoms with E-state index in [0.717, 1.165) is 11.3 Å². The largest absolute Gasteiger partial charge is 0.348 e. The molecule has 3 rings (SSSR count). The van der Waals surface area contributed by atoms with Gasteiger partial charge in [-0.15, -0.1) is 0 Å². The molecule has 0 atom stereocenters. The molecule has 0 bridgehead atoms. The van der Waals surface area contributed by atoms with E-state index in [1.807, 2.05) is 61.5 Å². The Bertz CT molecular complexity index is 854. The van der Waals surface area contributed by atoms with E-state index in [0.29, 0.717) is 23.0 Å². The SMILES string of the molecule is Cc1ccc(CNC(=O)c2c(C)nn(-c3ccccc3)c2Cl)cc1. The normalized spacial score (nSPS) is 10.6. The molecule has 3 aromatic rings. The summed E-state index contributed by atoms with van der Waals surface area (Å²) in [7, 11) is 0. The highest BCUT2D eigenvalue weighted by Crippen LogP contribution is 2.23. The molecule has 0 aliphatic rings. The average Bonchev–Trinajstić information content (AvgIpc) is 2.89. The van der Waals surface area contributed by atoms with Crippen LogP contribution in [-0.4, -0.2) is 15.7 Å². The predicted molar refractivity (Wildman–Crippen MR) is 95.7 cm³/mol. The average molecular weight is 340 g/mol. The zero-order valence-corrected chi connectivity index (χ0v) is 14.3. The van der Waals surface area contributed by atoms with Crippen LogP contribution in [0.25, 0.3) is 5.69 Å². The lowest BCUT2D eigenvalue weighted by molar-refractivity contribution is 0.0950. The van der Waals surface area contributed by atoms with E-state index in [1.165, 1.54) is 5.56 Å². The molecule has 1 heterocycles. The fourth-order valence-electron chi connectivity index (χ4n) is 2.47. The molecule has 5 heteroatoms. The summed E-state index contributed by atoms with van der Waals surface area (Å²) in [6.07, 6.45) is 0. The van der Waals surface area contributed by atoms with Crippen LogP contribution in [0.15, 0.2) is 54.6 Å². The summed E-state index contributed by atoms with van der Waals surface area (Å²) in [5, 5.41) is 7.62. The number of aromatic nitrogens is 2. The summed E-state index contributed by atoms with van der Waals surface area (Å²) >= 11 is 6.40. The summed E-state index contributed by atoms with van der Waals surface area (Å²) < 4.78 is 1.58. The number of carbonyl (C=O) groups excluding carboxylic acids is 1. The van der Waals surface area contributed by atoms with Gasteiger partial charge in [-0.1, -0.05) is 59.6 Å². The second-order valence-corrected chi connectivity index (χ2v) is 6.02. The lowest BCUT2D eigenvalue weighted by Crippen LogP contribution is -2.23.